The third-order valence-electron chi connectivity index (χ3n) is 10.8. The van der Waals surface area contributed by atoms with E-state index < -0.39 is 0 Å². The van der Waals surface area contributed by atoms with Crippen LogP contribution in [-0.4, -0.2) is 19.1 Å². The Labute approximate surface area is 282 Å². The Morgan fingerprint density at radius 3 is 1.28 bits per heavy atom. The normalized spacial score (nSPS) is 12.8. The minimum absolute atomic E-state index is 0.789. The standard InChI is InChI=1S/C44H22N4O2/c1-3-9-23(10-4-1)43-44(46-26-14-8-7-13-25(26)45-43)48-29-17-21-33-41-37(29)38-30(48)18-22-34-42(38)40-32(50-34)20-16-28-36(40)35-27(15-19-31(49-33)39(35)41)47(28)24-11-5-2-6-12-24/h1-22H. The van der Waals surface area contributed by atoms with E-state index in [0.29, 0.717) is 0 Å². The van der Waals surface area contributed by atoms with Gasteiger partial charge in [0.15, 0.2) is 5.82 Å². The molecule has 0 spiro atoms. The lowest BCUT2D eigenvalue weighted by Crippen LogP contribution is -2.03. The highest BCUT2D eigenvalue weighted by molar-refractivity contribution is 6.45. The first-order valence-electron chi connectivity index (χ1n) is 16.8. The number of fused-ring (bicyclic) bond motifs is 1. The van der Waals surface area contributed by atoms with Gasteiger partial charge < -0.3 is 13.4 Å². The van der Waals surface area contributed by atoms with Crippen molar-refractivity contribution in [2.24, 2.45) is 0 Å². The SMILES string of the molecule is c1ccc(-c2nc3ccccc3nc2-n2c3ccc4oc5ccc6c7c5c4c3c3c4c(ccc32)oc2ccc(c7c24)n6-c2ccccc2)cc1. The van der Waals surface area contributed by atoms with Crippen molar-refractivity contribution >= 4 is 98.5 Å². The van der Waals surface area contributed by atoms with Gasteiger partial charge in [0.2, 0.25) is 0 Å². The number of furan rings is 2. The van der Waals surface area contributed by atoms with Crippen LogP contribution in [0.25, 0.3) is 121 Å². The fraction of sp³-hybridized carbons (Fsp3) is 0. The Balaban J connectivity index is 1.32. The molecule has 0 bridgehead atoms. The summed E-state index contributed by atoms with van der Waals surface area (Å²) in [4.78, 5) is 10.6. The van der Waals surface area contributed by atoms with Gasteiger partial charge in [0, 0.05) is 54.3 Å². The maximum atomic E-state index is 6.73. The van der Waals surface area contributed by atoms with E-state index in [1.54, 1.807) is 0 Å². The van der Waals surface area contributed by atoms with Crippen molar-refractivity contribution in [2.45, 2.75) is 0 Å². The van der Waals surface area contributed by atoms with Crippen LogP contribution < -0.4 is 0 Å². The summed E-state index contributed by atoms with van der Waals surface area (Å²) in [6.07, 6.45) is 0. The first-order chi connectivity index (χ1) is 24.8. The molecule has 13 aromatic rings. The Bertz CT molecular complexity index is 3320. The number of hydrogen-bond donors (Lipinski definition) is 0. The molecule has 0 unspecified atom stereocenters. The lowest BCUT2D eigenvalue weighted by Gasteiger charge is -2.13. The van der Waals surface area contributed by atoms with Gasteiger partial charge in [0.25, 0.3) is 0 Å². The van der Waals surface area contributed by atoms with Crippen LogP contribution in [0.15, 0.2) is 142 Å². The van der Waals surface area contributed by atoms with E-state index in [9.17, 15) is 0 Å². The highest BCUT2D eigenvalue weighted by Crippen LogP contribution is 2.53. The van der Waals surface area contributed by atoms with Gasteiger partial charge in [0.05, 0.1) is 33.1 Å². The molecule has 13 rings (SSSR count). The van der Waals surface area contributed by atoms with Gasteiger partial charge in [-0.3, -0.25) is 4.57 Å². The third kappa shape index (κ3) is 2.85. The van der Waals surface area contributed by atoms with Crippen LogP contribution in [0.2, 0.25) is 0 Å². The average molecular weight is 639 g/mol. The van der Waals surface area contributed by atoms with Crippen LogP contribution in [0, 0.1) is 0 Å². The summed E-state index contributed by atoms with van der Waals surface area (Å²) >= 11 is 0. The molecule has 0 N–H and O–H groups in total. The van der Waals surface area contributed by atoms with Gasteiger partial charge in [-0.15, -0.1) is 0 Å². The molecule has 0 atom stereocenters. The van der Waals surface area contributed by atoms with E-state index in [-0.39, 0.29) is 0 Å². The smallest absolute Gasteiger partial charge is 0.165 e. The van der Waals surface area contributed by atoms with Crippen molar-refractivity contribution in [3.63, 3.8) is 0 Å². The number of aromatic nitrogens is 4. The fourth-order valence-electron chi connectivity index (χ4n) is 8.90. The molecule has 5 aromatic heterocycles. The van der Waals surface area contributed by atoms with E-state index >= 15 is 0 Å². The molecule has 8 aromatic carbocycles. The Hall–Kier alpha value is -6.92. The molecule has 6 nitrogen and oxygen atoms in total. The molecule has 0 aliphatic heterocycles. The van der Waals surface area contributed by atoms with Crippen molar-refractivity contribution in [3.05, 3.63) is 133 Å². The number of para-hydroxylation sites is 3. The molecule has 230 valence electrons. The minimum atomic E-state index is 0.789. The molecule has 6 heteroatoms. The Morgan fingerprint density at radius 2 is 0.780 bits per heavy atom. The molecule has 5 heterocycles. The molecule has 0 aliphatic carbocycles. The van der Waals surface area contributed by atoms with Gasteiger partial charge in [0.1, 0.15) is 28.0 Å². The van der Waals surface area contributed by atoms with Crippen LogP contribution in [0.3, 0.4) is 0 Å². The molecular formula is C44H22N4O2. The zero-order valence-corrected chi connectivity index (χ0v) is 26.3. The number of rotatable bonds is 3. The Morgan fingerprint density at radius 1 is 0.360 bits per heavy atom. The van der Waals surface area contributed by atoms with E-state index in [1.807, 2.05) is 30.3 Å². The second-order valence-corrected chi connectivity index (χ2v) is 13.3. The molecule has 0 fully saturated rings. The molecular weight excluding hydrogens is 617 g/mol. The van der Waals surface area contributed by atoms with Crippen molar-refractivity contribution in [1.29, 1.82) is 0 Å². The molecule has 0 aliphatic rings. The average Bonchev–Trinajstić information content (AvgIpc) is 3.90. The lowest BCUT2D eigenvalue weighted by molar-refractivity contribution is 0.669. The van der Waals surface area contributed by atoms with Gasteiger partial charge in [-0.2, -0.15) is 0 Å². The summed E-state index contributed by atoms with van der Waals surface area (Å²) < 4.78 is 18.2. The first-order valence-corrected chi connectivity index (χ1v) is 16.8. The van der Waals surface area contributed by atoms with E-state index in [2.05, 4.69) is 112 Å². The van der Waals surface area contributed by atoms with Crippen LogP contribution in [0.4, 0.5) is 0 Å². The van der Waals surface area contributed by atoms with E-state index in [4.69, 9.17) is 18.8 Å². The summed E-state index contributed by atoms with van der Waals surface area (Å²) in [6.45, 7) is 0. The summed E-state index contributed by atoms with van der Waals surface area (Å²) in [7, 11) is 0. The predicted octanol–water partition coefficient (Wildman–Crippen LogP) is 11.6. The zero-order chi connectivity index (χ0) is 32.2. The summed E-state index contributed by atoms with van der Waals surface area (Å²) in [5.41, 5.74) is 12.5. The molecule has 0 saturated carbocycles. The van der Waals surface area contributed by atoms with Gasteiger partial charge in [-0.05, 0) is 72.8 Å². The van der Waals surface area contributed by atoms with E-state index in [0.717, 1.165) is 111 Å². The highest BCUT2D eigenvalue weighted by Gasteiger charge is 2.30. The van der Waals surface area contributed by atoms with Gasteiger partial charge >= 0.3 is 0 Å². The monoisotopic (exact) mass is 638 g/mol. The second-order valence-electron chi connectivity index (χ2n) is 13.3. The maximum Gasteiger partial charge on any atom is 0.165 e. The predicted molar refractivity (Wildman–Crippen MR) is 202 cm³/mol. The summed E-state index contributed by atoms with van der Waals surface area (Å²) in [6, 6.07) is 46.4. The Kier molecular flexibility index (Phi) is 4.30. The van der Waals surface area contributed by atoms with Crippen molar-refractivity contribution < 1.29 is 8.83 Å². The topological polar surface area (TPSA) is 61.9 Å². The largest absolute Gasteiger partial charge is 0.456 e. The second kappa shape index (κ2) is 8.56. The number of nitrogens with zero attached hydrogens (tertiary/aromatic N) is 4. The third-order valence-corrected chi connectivity index (χ3v) is 10.8. The van der Waals surface area contributed by atoms with Crippen LogP contribution in [0.1, 0.15) is 0 Å². The first kappa shape index (κ1) is 25.1. The van der Waals surface area contributed by atoms with Gasteiger partial charge in [-0.25, -0.2) is 9.97 Å². The maximum absolute atomic E-state index is 6.73. The quantitative estimate of drug-likeness (QED) is 0.193. The van der Waals surface area contributed by atoms with Gasteiger partial charge in [-0.1, -0.05) is 60.7 Å². The molecule has 0 radical (unpaired) electrons. The summed E-state index contributed by atoms with van der Waals surface area (Å²) in [5.74, 6) is 0.789. The molecule has 0 saturated heterocycles. The zero-order valence-electron chi connectivity index (χ0n) is 26.3. The van der Waals surface area contributed by atoms with Crippen LogP contribution >= 0.6 is 0 Å². The van der Waals surface area contributed by atoms with Crippen molar-refractivity contribution in [3.8, 4) is 22.8 Å². The molecule has 50 heavy (non-hydrogen) atoms. The number of benzene rings is 7. The van der Waals surface area contributed by atoms with Crippen LogP contribution in [0.5, 0.6) is 0 Å². The lowest BCUT2D eigenvalue weighted by atomic mass is 9.95. The van der Waals surface area contributed by atoms with Crippen molar-refractivity contribution in [2.75, 3.05) is 0 Å². The number of hydrogen-bond acceptors (Lipinski definition) is 4. The minimum Gasteiger partial charge on any atom is -0.456 e. The molecule has 0 amide bonds. The van der Waals surface area contributed by atoms with Crippen LogP contribution in [-0.2, 0) is 0 Å². The fourth-order valence-corrected chi connectivity index (χ4v) is 8.90. The van der Waals surface area contributed by atoms with E-state index in [1.165, 1.54) is 10.8 Å². The van der Waals surface area contributed by atoms with Crippen molar-refractivity contribution in [1.82, 2.24) is 19.1 Å². The highest BCUT2D eigenvalue weighted by atomic mass is 16.3. The summed E-state index contributed by atoms with van der Waals surface area (Å²) in [5, 5.41) is 9.15.